The third-order valence-corrected chi connectivity index (χ3v) is 6.76. The number of carbonyl (C=O) groups is 2. The van der Waals surface area contributed by atoms with Gasteiger partial charge in [0.15, 0.2) is 5.72 Å². The summed E-state index contributed by atoms with van der Waals surface area (Å²) in [6.45, 7) is 2.93. The third-order valence-electron chi connectivity index (χ3n) is 5.84. The molecule has 3 aliphatic rings. The maximum atomic E-state index is 13.0. The summed E-state index contributed by atoms with van der Waals surface area (Å²) in [6, 6.07) is 9.70. The number of rotatable bonds is 2. The van der Waals surface area contributed by atoms with Crippen molar-refractivity contribution in [2.75, 3.05) is 13.2 Å². The minimum atomic E-state index is -0.675. The third kappa shape index (κ3) is 2.04. The van der Waals surface area contributed by atoms with Gasteiger partial charge in [-0.25, -0.2) is 4.98 Å². The molecule has 3 aliphatic heterocycles. The zero-order valence-electron chi connectivity index (χ0n) is 14.4. The molecule has 0 unspecified atom stereocenters. The maximum absolute atomic E-state index is 13.0. The first kappa shape index (κ1) is 16.0. The van der Waals surface area contributed by atoms with Gasteiger partial charge in [-0.15, -0.1) is 11.3 Å². The number of hydrogen-bond acceptors (Lipinski definition) is 5. The summed E-state index contributed by atoms with van der Waals surface area (Å²) < 4.78 is 6.25. The van der Waals surface area contributed by atoms with Crippen LogP contribution in [0.4, 0.5) is 0 Å². The van der Waals surface area contributed by atoms with Crippen LogP contribution in [0.25, 0.3) is 0 Å². The van der Waals surface area contributed by atoms with E-state index in [9.17, 15) is 9.59 Å². The molecule has 5 rings (SSSR count). The summed E-state index contributed by atoms with van der Waals surface area (Å²) in [5, 5.41) is 0. The first-order chi connectivity index (χ1) is 12.6. The van der Waals surface area contributed by atoms with Gasteiger partial charge in [-0.2, -0.15) is 0 Å². The summed E-state index contributed by atoms with van der Waals surface area (Å²) in [6.07, 6.45) is 0.989. The van der Waals surface area contributed by atoms with Crippen LogP contribution in [0.2, 0.25) is 0 Å². The molecule has 0 radical (unpaired) electrons. The number of ether oxygens (including phenoxy) is 1. The van der Waals surface area contributed by atoms with Crippen molar-refractivity contribution in [1.29, 1.82) is 0 Å². The van der Waals surface area contributed by atoms with Crippen LogP contribution in [-0.4, -0.2) is 51.5 Å². The Morgan fingerprint density at radius 3 is 2.88 bits per heavy atom. The number of carbonyl (C=O) groups excluding carboxylic acids is 2. The molecule has 26 heavy (non-hydrogen) atoms. The molecule has 2 amide bonds. The van der Waals surface area contributed by atoms with Crippen molar-refractivity contribution in [3.05, 3.63) is 52.0 Å². The summed E-state index contributed by atoms with van der Waals surface area (Å²) in [5.74, 6) is 0.0353. The Labute approximate surface area is 155 Å². The Morgan fingerprint density at radius 1 is 1.35 bits per heavy atom. The fraction of sp³-hybridized carbons (Fsp3) is 0.421. The van der Waals surface area contributed by atoms with Crippen molar-refractivity contribution in [2.45, 2.75) is 37.6 Å². The van der Waals surface area contributed by atoms with Crippen molar-refractivity contribution in [3.63, 3.8) is 0 Å². The molecule has 134 valence electrons. The highest BCUT2D eigenvalue weighted by atomic mass is 32.1. The highest BCUT2D eigenvalue weighted by molar-refractivity contribution is 7.11. The normalized spacial score (nSPS) is 30.0. The molecule has 3 atom stereocenters. The molecule has 7 heteroatoms. The Balaban J connectivity index is 1.48. The summed E-state index contributed by atoms with van der Waals surface area (Å²) in [4.78, 5) is 34.5. The number of thiazole rings is 1. The number of aromatic nitrogens is 1. The van der Waals surface area contributed by atoms with Gasteiger partial charge in [0.2, 0.25) is 5.91 Å². The molecule has 0 bridgehead atoms. The lowest BCUT2D eigenvalue weighted by molar-refractivity contribution is -0.138. The molecule has 1 spiro atoms. The van der Waals surface area contributed by atoms with Gasteiger partial charge in [-0.1, -0.05) is 30.3 Å². The van der Waals surface area contributed by atoms with E-state index in [2.05, 4.69) is 4.98 Å². The summed E-state index contributed by atoms with van der Waals surface area (Å²) in [5.41, 5.74) is 2.85. The molecule has 0 N–H and O–H groups in total. The minimum absolute atomic E-state index is 0.0340. The fourth-order valence-corrected chi connectivity index (χ4v) is 5.40. The van der Waals surface area contributed by atoms with Gasteiger partial charge in [0, 0.05) is 13.0 Å². The Kier molecular flexibility index (Phi) is 3.45. The number of amides is 2. The van der Waals surface area contributed by atoms with E-state index >= 15 is 0 Å². The van der Waals surface area contributed by atoms with Crippen LogP contribution < -0.4 is 0 Å². The Bertz CT molecular complexity index is 883. The summed E-state index contributed by atoms with van der Waals surface area (Å²) in [7, 11) is 0. The second-order valence-corrected chi connectivity index (χ2v) is 7.94. The highest BCUT2D eigenvalue weighted by Gasteiger charge is 2.65. The average Bonchev–Trinajstić information content (AvgIpc) is 3.37. The second-order valence-electron chi connectivity index (χ2n) is 7.08. The van der Waals surface area contributed by atoms with E-state index in [-0.39, 0.29) is 23.9 Å². The quantitative estimate of drug-likeness (QED) is 0.815. The van der Waals surface area contributed by atoms with E-state index in [0.717, 1.165) is 11.3 Å². The SMILES string of the molecule is Cc1ncsc1C(=O)N1CC[C@@]23OC[C@@H](c4ccccc4)N2C(=O)C[C@@H]13. The zero-order valence-corrected chi connectivity index (χ0v) is 15.2. The first-order valence-corrected chi connectivity index (χ1v) is 9.72. The highest BCUT2D eigenvalue weighted by Crippen LogP contribution is 2.51. The van der Waals surface area contributed by atoms with Gasteiger partial charge >= 0.3 is 0 Å². The molecule has 1 aromatic carbocycles. The molecular formula is C19H19N3O3S. The van der Waals surface area contributed by atoms with Crippen LogP contribution in [0.15, 0.2) is 35.8 Å². The van der Waals surface area contributed by atoms with Crippen LogP contribution in [-0.2, 0) is 9.53 Å². The van der Waals surface area contributed by atoms with E-state index in [4.69, 9.17) is 4.74 Å². The molecule has 2 aromatic rings. The Hall–Kier alpha value is -2.25. The molecule has 6 nitrogen and oxygen atoms in total. The van der Waals surface area contributed by atoms with E-state index in [1.165, 1.54) is 11.3 Å². The maximum Gasteiger partial charge on any atom is 0.266 e. The number of likely N-dealkylation sites (tertiary alicyclic amines) is 1. The lowest BCUT2D eigenvalue weighted by Crippen LogP contribution is -2.49. The standard InChI is InChI=1S/C19H19N3O3S/c1-12-17(26-11-20-12)18(24)21-8-7-19-15(21)9-16(23)22(19)14(10-25-19)13-5-3-2-4-6-13/h2-6,11,14-15H,7-10H2,1H3/t14-,15+,19-/m0/s1. The first-order valence-electron chi connectivity index (χ1n) is 8.84. The molecule has 4 heterocycles. The topological polar surface area (TPSA) is 62.7 Å². The number of hydrogen-bond donors (Lipinski definition) is 0. The number of nitrogens with zero attached hydrogens (tertiary/aromatic N) is 3. The lowest BCUT2D eigenvalue weighted by atomic mass is 10.0. The van der Waals surface area contributed by atoms with Gasteiger partial charge in [0.1, 0.15) is 4.88 Å². The van der Waals surface area contributed by atoms with Crippen LogP contribution in [0, 0.1) is 6.92 Å². The van der Waals surface area contributed by atoms with Crippen LogP contribution in [0.3, 0.4) is 0 Å². The van der Waals surface area contributed by atoms with E-state index in [1.54, 1.807) is 5.51 Å². The van der Waals surface area contributed by atoms with Crippen molar-refractivity contribution in [1.82, 2.24) is 14.8 Å². The monoisotopic (exact) mass is 369 g/mol. The molecule has 3 fully saturated rings. The van der Waals surface area contributed by atoms with Crippen molar-refractivity contribution in [3.8, 4) is 0 Å². The van der Waals surface area contributed by atoms with Crippen LogP contribution in [0.1, 0.15) is 39.8 Å². The summed E-state index contributed by atoms with van der Waals surface area (Å²) >= 11 is 1.36. The molecule has 0 saturated carbocycles. The lowest BCUT2D eigenvalue weighted by Gasteiger charge is -2.33. The van der Waals surface area contributed by atoms with Gasteiger partial charge in [0.05, 0.1) is 36.3 Å². The predicted molar refractivity (Wildman–Crippen MR) is 95.6 cm³/mol. The minimum Gasteiger partial charge on any atom is -0.351 e. The fourth-order valence-electron chi connectivity index (χ4n) is 4.65. The van der Waals surface area contributed by atoms with Crippen LogP contribution in [0.5, 0.6) is 0 Å². The van der Waals surface area contributed by atoms with Crippen LogP contribution >= 0.6 is 11.3 Å². The zero-order chi connectivity index (χ0) is 17.9. The predicted octanol–water partition coefficient (Wildman–Crippen LogP) is 2.37. The average molecular weight is 369 g/mol. The van der Waals surface area contributed by atoms with Gasteiger partial charge in [-0.3, -0.25) is 9.59 Å². The van der Waals surface area contributed by atoms with Crippen molar-refractivity contribution < 1.29 is 14.3 Å². The molecular weight excluding hydrogens is 350 g/mol. The van der Waals surface area contributed by atoms with Gasteiger partial charge in [0.25, 0.3) is 5.91 Å². The van der Waals surface area contributed by atoms with Gasteiger partial charge in [-0.05, 0) is 12.5 Å². The molecule has 3 saturated heterocycles. The van der Waals surface area contributed by atoms with Crippen molar-refractivity contribution in [2.24, 2.45) is 0 Å². The van der Waals surface area contributed by atoms with E-state index < -0.39 is 5.72 Å². The molecule has 1 aromatic heterocycles. The Morgan fingerprint density at radius 2 is 2.15 bits per heavy atom. The number of aryl methyl sites for hydroxylation is 1. The number of benzene rings is 1. The largest absolute Gasteiger partial charge is 0.351 e. The van der Waals surface area contributed by atoms with E-state index in [1.807, 2.05) is 47.1 Å². The van der Waals surface area contributed by atoms with Crippen molar-refractivity contribution >= 4 is 23.2 Å². The second kappa shape index (κ2) is 5.62. The van der Waals surface area contributed by atoms with Gasteiger partial charge < -0.3 is 14.5 Å². The smallest absolute Gasteiger partial charge is 0.266 e. The molecule has 0 aliphatic carbocycles. The van der Waals surface area contributed by atoms with E-state index in [0.29, 0.717) is 30.9 Å².